The first-order valence-corrected chi connectivity index (χ1v) is 11.4. The lowest BCUT2D eigenvalue weighted by molar-refractivity contribution is -0.112. The zero-order chi connectivity index (χ0) is 21.7. The van der Waals surface area contributed by atoms with Crippen molar-refractivity contribution in [3.8, 4) is 5.75 Å². The van der Waals surface area contributed by atoms with Crippen LogP contribution in [0.3, 0.4) is 0 Å². The van der Waals surface area contributed by atoms with Gasteiger partial charge in [0.05, 0.1) is 11.4 Å². The number of amides is 1. The molecule has 1 aliphatic rings. The number of anilines is 1. The van der Waals surface area contributed by atoms with Crippen LogP contribution in [-0.2, 0) is 14.8 Å². The number of allylic oxidation sites excluding steroid dienone is 1. The summed E-state index contributed by atoms with van der Waals surface area (Å²) in [4.78, 5) is 12.7. The molecule has 160 valence electrons. The van der Waals surface area contributed by atoms with E-state index < -0.39 is 14.8 Å². The number of rotatable bonds is 9. The van der Waals surface area contributed by atoms with Crippen molar-refractivity contribution in [1.29, 1.82) is 0 Å². The van der Waals surface area contributed by atoms with Gasteiger partial charge in [-0.05, 0) is 77.1 Å². The van der Waals surface area contributed by atoms with Crippen LogP contribution in [0.1, 0.15) is 46.1 Å². The Hall–Kier alpha value is -2.12. The molecular formula is C22H32N2O4S. The maximum atomic E-state index is 12.7. The van der Waals surface area contributed by atoms with Crippen LogP contribution in [0.2, 0.25) is 0 Å². The number of hydrogen-bond acceptors (Lipinski definition) is 4. The van der Waals surface area contributed by atoms with E-state index in [1.807, 2.05) is 25.1 Å². The van der Waals surface area contributed by atoms with Gasteiger partial charge in [-0.2, -0.15) is 0 Å². The molecule has 0 heterocycles. The summed E-state index contributed by atoms with van der Waals surface area (Å²) < 4.78 is 31.7. The summed E-state index contributed by atoms with van der Waals surface area (Å²) in [6.07, 6.45) is 7.44. The molecule has 0 spiro atoms. The van der Waals surface area contributed by atoms with Gasteiger partial charge in [0.15, 0.2) is 0 Å². The average Bonchev–Trinajstić information content (AvgIpc) is 3.44. The molecule has 29 heavy (non-hydrogen) atoms. The van der Waals surface area contributed by atoms with Crippen LogP contribution in [0.4, 0.5) is 5.69 Å². The number of ether oxygens (including phenoxy) is 1. The highest BCUT2D eigenvalue weighted by molar-refractivity contribution is 7.90. The highest BCUT2D eigenvalue weighted by Gasteiger charge is 2.28. The third-order valence-corrected chi connectivity index (χ3v) is 6.80. The Balaban J connectivity index is 2.03. The lowest BCUT2D eigenvalue weighted by atomic mass is 10.1. The molecule has 0 aromatic heterocycles. The number of sulfonamides is 1. The third-order valence-electron chi connectivity index (χ3n) is 4.64. The second-order valence-corrected chi connectivity index (χ2v) is 10.8. The monoisotopic (exact) mass is 420 g/mol. The van der Waals surface area contributed by atoms with Gasteiger partial charge in [-0.3, -0.25) is 4.79 Å². The molecule has 0 atom stereocenters. The van der Waals surface area contributed by atoms with Crippen molar-refractivity contribution in [3.63, 3.8) is 0 Å². The quantitative estimate of drug-likeness (QED) is 0.468. The number of hydrogen-bond donors (Lipinski definition) is 2. The van der Waals surface area contributed by atoms with Crippen molar-refractivity contribution in [2.45, 2.75) is 52.2 Å². The van der Waals surface area contributed by atoms with Gasteiger partial charge in [0.25, 0.3) is 5.91 Å². The maximum absolute atomic E-state index is 12.7. The van der Waals surface area contributed by atoms with Gasteiger partial charge in [-0.25, -0.2) is 13.1 Å². The van der Waals surface area contributed by atoms with Crippen molar-refractivity contribution < 1.29 is 17.9 Å². The van der Waals surface area contributed by atoms with Crippen molar-refractivity contribution in [2.24, 2.45) is 5.92 Å². The molecule has 1 aromatic rings. The van der Waals surface area contributed by atoms with Crippen LogP contribution < -0.4 is 14.8 Å². The molecule has 1 aromatic carbocycles. The fourth-order valence-corrected chi connectivity index (χ4v) is 3.19. The largest absolute Gasteiger partial charge is 0.493 e. The molecule has 1 saturated carbocycles. The van der Waals surface area contributed by atoms with E-state index in [4.69, 9.17) is 4.74 Å². The van der Waals surface area contributed by atoms with Gasteiger partial charge in [0.1, 0.15) is 5.75 Å². The number of nitrogens with one attached hydrogen (secondary N) is 2. The lowest BCUT2D eigenvalue weighted by Crippen LogP contribution is -2.39. The predicted octanol–water partition coefficient (Wildman–Crippen LogP) is 3.94. The summed E-state index contributed by atoms with van der Waals surface area (Å²) in [6, 6.07) is 5.58. The van der Waals surface area contributed by atoms with E-state index in [-0.39, 0.29) is 12.5 Å². The van der Waals surface area contributed by atoms with Crippen molar-refractivity contribution >= 4 is 21.6 Å². The topological polar surface area (TPSA) is 84.5 Å². The Morgan fingerprint density at radius 2 is 1.97 bits per heavy atom. The minimum atomic E-state index is -3.48. The highest BCUT2D eigenvalue weighted by Crippen LogP contribution is 2.30. The molecule has 1 fully saturated rings. The summed E-state index contributed by atoms with van der Waals surface area (Å²) in [5.74, 6) is 1.18. The van der Waals surface area contributed by atoms with Crippen molar-refractivity contribution in [2.75, 3.05) is 18.5 Å². The fourth-order valence-electron chi connectivity index (χ4n) is 2.45. The fraction of sp³-hybridized carbons (Fsp3) is 0.500. The molecule has 6 nitrogen and oxygen atoms in total. The molecule has 2 N–H and O–H groups in total. The standard InChI is InChI=1S/C22H32N2O4S/c1-6-7-18(12-13-23-29(26,27)22(3,4)5)21(25)24-20-11-10-19(14-16(20)2)28-15-17-8-9-17/h6-7,10-12,14,17,23H,8-9,13,15H2,1-5H3,(H,24,25)/b7-6-,18-12+. The second kappa shape index (κ2) is 9.59. The van der Waals surface area contributed by atoms with E-state index in [1.54, 1.807) is 45.9 Å². The van der Waals surface area contributed by atoms with Gasteiger partial charge in [0, 0.05) is 17.8 Å². The first-order chi connectivity index (χ1) is 13.5. The van der Waals surface area contributed by atoms with E-state index >= 15 is 0 Å². The Bertz CT molecular complexity index is 892. The summed E-state index contributed by atoms with van der Waals surface area (Å²) in [5.41, 5.74) is 1.98. The predicted molar refractivity (Wildman–Crippen MR) is 118 cm³/mol. The smallest absolute Gasteiger partial charge is 0.255 e. The zero-order valence-corrected chi connectivity index (χ0v) is 18.7. The van der Waals surface area contributed by atoms with E-state index in [9.17, 15) is 13.2 Å². The molecule has 0 bridgehead atoms. The van der Waals surface area contributed by atoms with Crippen molar-refractivity contribution in [3.05, 3.63) is 47.6 Å². The summed E-state index contributed by atoms with van der Waals surface area (Å²) in [7, 11) is -3.48. The molecule has 0 aliphatic heterocycles. The van der Waals surface area contributed by atoms with Crippen LogP contribution in [0.25, 0.3) is 0 Å². The summed E-state index contributed by atoms with van der Waals surface area (Å²) in [5, 5.41) is 2.89. The molecule has 0 saturated heterocycles. The first kappa shape index (κ1) is 23.2. The summed E-state index contributed by atoms with van der Waals surface area (Å²) in [6.45, 7) is 9.37. The van der Waals surface area contributed by atoms with E-state index in [0.717, 1.165) is 17.9 Å². The number of aryl methyl sites for hydroxylation is 1. The summed E-state index contributed by atoms with van der Waals surface area (Å²) >= 11 is 0. The second-order valence-electron chi connectivity index (χ2n) is 8.31. The van der Waals surface area contributed by atoms with Crippen LogP contribution in [0.5, 0.6) is 5.75 Å². The minimum absolute atomic E-state index is 0.0413. The van der Waals surface area contributed by atoms with E-state index in [1.165, 1.54) is 12.8 Å². The minimum Gasteiger partial charge on any atom is -0.493 e. The van der Waals surface area contributed by atoms with Gasteiger partial charge in [-0.15, -0.1) is 0 Å². The number of carbonyl (C=O) groups excluding carboxylic acids is 1. The number of carbonyl (C=O) groups is 1. The van der Waals surface area contributed by atoms with Gasteiger partial charge < -0.3 is 10.1 Å². The van der Waals surface area contributed by atoms with Gasteiger partial charge >= 0.3 is 0 Å². The SMILES string of the molecule is C/C=C\C(=C/CNS(=O)(=O)C(C)(C)C)C(=O)Nc1ccc(OCC2CC2)cc1C. The molecule has 0 unspecified atom stereocenters. The normalized spacial score (nSPS) is 15.6. The Morgan fingerprint density at radius 1 is 1.28 bits per heavy atom. The van der Waals surface area contributed by atoms with Crippen molar-refractivity contribution in [1.82, 2.24) is 4.72 Å². The average molecular weight is 421 g/mol. The Labute approximate surface area is 174 Å². The Kier molecular flexibility index (Phi) is 7.66. The van der Waals surface area contributed by atoms with Gasteiger partial charge in [-0.1, -0.05) is 18.2 Å². The van der Waals surface area contributed by atoms with Gasteiger partial charge in [0.2, 0.25) is 10.0 Å². The van der Waals surface area contributed by atoms with Crippen LogP contribution >= 0.6 is 0 Å². The molecule has 2 rings (SSSR count). The lowest BCUT2D eigenvalue weighted by Gasteiger charge is -2.19. The highest BCUT2D eigenvalue weighted by atomic mass is 32.2. The molecule has 1 aliphatic carbocycles. The van der Waals surface area contributed by atoms with Crippen LogP contribution in [0.15, 0.2) is 42.0 Å². The van der Waals surface area contributed by atoms with E-state index in [2.05, 4.69) is 10.0 Å². The van der Waals surface area contributed by atoms with Crippen LogP contribution in [-0.4, -0.2) is 32.2 Å². The number of benzene rings is 1. The molecule has 1 amide bonds. The third kappa shape index (κ3) is 7.01. The Morgan fingerprint density at radius 3 is 2.52 bits per heavy atom. The van der Waals surface area contributed by atoms with Crippen LogP contribution in [0, 0.1) is 12.8 Å². The molecular weight excluding hydrogens is 388 g/mol. The van der Waals surface area contributed by atoms with E-state index in [0.29, 0.717) is 17.2 Å². The first-order valence-electron chi connectivity index (χ1n) is 9.90. The molecule has 7 heteroatoms. The molecule has 0 radical (unpaired) electrons. The maximum Gasteiger partial charge on any atom is 0.255 e. The zero-order valence-electron chi connectivity index (χ0n) is 17.9.